The number of hydrogen-bond acceptors (Lipinski definition) is 1. The molecule has 0 aliphatic heterocycles. The summed E-state index contributed by atoms with van der Waals surface area (Å²) < 4.78 is 0. The minimum Gasteiger partial charge on any atom is -0.261 e. The van der Waals surface area contributed by atoms with Crippen LogP contribution >= 0.6 is 24.0 Å². The van der Waals surface area contributed by atoms with E-state index in [9.17, 15) is 0 Å². The van der Waals surface area contributed by atoms with Gasteiger partial charge in [0.1, 0.15) is 0 Å². The Morgan fingerprint density at radius 1 is 0.514 bits per heavy atom. The number of benzene rings is 4. The summed E-state index contributed by atoms with van der Waals surface area (Å²) in [5.74, 6) is 0. The van der Waals surface area contributed by atoms with Crippen molar-refractivity contribution in [1.82, 2.24) is 4.98 Å². The number of pyridine rings is 1. The molecule has 5 aromatic rings. The zero-order valence-electron chi connectivity index (χ0n) is 19.8. The van der Waals surface area contributed by atoms with Crippen LogP contribution in [0.5, 0.6) is 0 Å². The van der Waals surface area contributed by atoms with Crippen LogP contribution in [0.4, 0.5) is 0 Å². The first-order valence-electron chi connectivity index (χ1n) is 11.8. The Labute approximate surface area is 225 Å². The summed E-state index contributed by atoms with van der Waals surface area (Å²) in [5.41, 5.74) is 10.8. The summed E-state index contributed by atoms with van der Waals surface area (Å²) in [6.45, 7) is 2.14. The first-order chi connectivity index (χ1) is 16.8. The highest BCUT2D eigenvalue weighted by Crippen LogP contribution is 2.37. The molecule has 1 heterocycles. The average Bonchev–Trinajstić information content (AvgIpc) is 2.93. The summed E-state index contributed by atoms with van der Waals surface area (Å²) >= 11 is 0. The van der Waals surface area contributed by atoms with Crippen LogP contribution < -0.4 is 0 Å². The Morgan fingerprint density at radius 2 is 0.943 bits per heavy atom. The Kier molecular flexibility index (Phi) is 8.27. The summed E-state index contributed by atoms with van der Waals surface area (Å²) in [6.07, 6.45) is 2.84. The molecule has 1 aromatic heterocycles. The molecule has 0 bridgehead atoms. The highest BCUT2D eigenvalue weighted by Gasteiger charge is 2.16. The lowest BCUT2D eigenvalue weighted by Crippen LogP contribution is -1.97. The molecular weight excluding hydrogens is 537 g/mol. The molecule has 0 spiro atoms. The zero-order chi connectivity index (χ0) is 23.2. The van der Waals surface area contributed by atoms with Gasteiger partial charge >= 0.3 is 0 Å². The van der Waals surface area contributed by atoms with Crippen LogP contribution in [0.25, 0.3) is 22.3 Å². The van der Waals surface area contributed by atoms with Crippen molar-refractivity contribution in [1.29, 1.82) is 0 Å². The van der Waals surface area contributed by atoms with Gasteiger partial charge in [-0.15, -0.1) is 24.0 Å². The van der Waals surface area contributed by atoms with E-state index in [1.807, 2.05) is 6.20 Å². The summed E-state index contributed by atoms with van der Waals surface area (Å²) in [5, 5.41) is 0. The molecule has 0 aliphatic rings. The molecule has 0 N–H and O–H groups in total. The van der Waals surface area contributed by atoms with Gasteiger partial charge in [-0.3, -0.25) is 4.98 Å². The van der Waals surface area contributed by atoms with Crippen LogP contribution in [0.3, 0.4) is 0 Å². The van der Waals surface area contributed by atoms with Crippen molar-refractivity contribution in [3.8, 4) is 11.1 Å². The van der Waals surface area contributed by atoms with Gasteiger partial charge in [-0.05, 0) is 63.1 Å². The van der Waals surface area contributed by atoms with E-state index in [1.165, 1.54) is 44.5 Å². The van der Waals surface area contributed by atoms with E-state index in [2.05, 4.69) is 139 Å². The van der Waals surface area contributed by atoms with Crippen molar-refractivity contribution in [2.45, 2.75) is 13.3 Å². The van der Waals surface area contributed by atoms with Crippen LogP contribution in [-0.2, 0) is 6.42 Å². The van der Waals surface area contributed by atoms with Crippen LogP contribution in [0.15, 0.2) is 134 Å². The van der Waals surface area contributed by atoms with Crippen LogP contribution in [0.2, 0.25) is 0 Å². The molecule has 4 aromatic carbocycles. The molecule has 0 atom stereocenters. The van der Waals surface area contributed by atoms with Gasteiger partial charge in [-0.1, -0.05) is 122 Å². The molecule has 0 radical (unpaired) electrons. The minimum atomic E-state index is 0. The van der Waals surface area contributed by atoms with E-state index < -0.39 is 0 Å². The quantitative estimate of drug-likeness (QED) is 0.148. The fourth-order valence-corrected chi connectivity index (χ4v) is 4.41. The average molecular weight is 565 g/mol. The summed E-state index contributed by atoms with van der Waals surface area (Å²) in [7, 11) is 0. The van der Waals surface area contributed by atoms with Crippen molar-refractivity contribution in [3.05, 3.63) is 162 Å². The fourth-order valence-electron chi connectivity index (χ4n) is 4.41. The van der Waals surface area contributed by atoms with Crippen molar-refractivity contribution in [2.24, 2.45) is 0 Å². The van der Waals surface area contributed by atoms with Gasteiger partial charge < -0.3 is 0 Å². The summed E-state index contributed by atoms with van der Waals surface area (Å²) in [4.78, 5) is 4.45. The maximum Gasteiger partial charge on any atom is 0.0407 e. The van der Waals surface area contributed by atoms with Gasteiger partial charge in [0, 0.05) is 11.9 Å². The van der Waals surface area contributed by atoms with Gasteiger partial charge in [0.2, 0.25) is 0 Å². The molecule has 35 heavy (non-hydrogen) atoms. The Morgan fingerprint density at radius 3 is 1.37 bits per heavy atom. The molecule has 5 rings (SSSR count). The zero-order valence-corrected chi connectivity index (χ0v) is 22.1. The third-order valence-corrected chi connectivity index (χ3v) is 6.12. The summed E-state index contributed by atoms with van der Waals surface area (Å²) in [6, 6.07) is 45.3. The maximum absolute atomic E-state index is 4.45. The second kappa shape index (κ2) is 11.8. The van der Waals surface area contributed by atoms with Crippen LogP contribution in [0.1, 0.15) is 34.9 Å². The third kappa shape index (κ3) is 5.60. The maximum atomic E-state index is 4.45. The Bertz CT molecular complexity index is 1350. The number of hydrogen-bond donors (Lipinski definition) is 0. The van der Waals surface area contributed by atoms with Gasteiger partial charge in [0.25, 0.3) is 0 Å². The predicted octanol–water partition coefficient (Wildman–Crippen LogP) is 8.94. The molecule has 0 fully saturated rings. The molecule has 0 saturated carbocycles. The first-order valence-corrected chi connectivity index (χ1v) is 11.8. The molecule has 172 valence electrons. The number of nitrogens with zero attached hydrogens (tertiary/aromatic N) is 1. The smallest absolute Gasteiger partial charge is 0.0407 e. The Balaban J connectivity index is 0.00000289. The molecule has 0 amide bonds. The van der Waals surface area contributed by atoms with Crippen LogP contribution in [-0.4, -0.2) is 4.98 Å². The van der Waals surface area contributed by atoms with E-state index in [-0.39, 0.29) is 24.0 Å². The molecule has 2 heteroatoms. The van der Waals surface area contributed by atoms with Crippen molar-refractivity contribution in [2.75, 3.05) is 0 Å². The lowest BCUT2D eigenvalue weighted by atomic mass is 9.85. The topological polar surface area (TPSA) is 12.9 Å². The van der Waals surface area contributed by atoms with Gasteiger partial charge in [-0.25, -0.2) is 0 Å². The van der Waals surface area contributed by atoms with Gasteiger partial charge in [-0.2, -0.15) is 0 Å². The van der Waals surface area contributed by atoms with E-state index in [1.54, 1.807) is 0 Å². The lowest BCUT2D eigenvalue weighted by Gasteiger charge is -2.18. The SMILES string of the molecule is CCc1cc(-c2ccc(C(=C(c3ccccc3)c3ccccc3)c3ccccc3)cc2)ccn1.I. The van der Waals surface area contributed by atoms with Gasteiger partial charge in [0.15, 0.2) is 0 Å². The monoisotopic (exact) mass is 565 g/mol. The van der Waals surface area contributed by atoms with Gasteiger partial charge in [0.05, 0.1) is 0 Å². The fraction of sp³-hybridized carbons (Fsp3) is 0.0606. The van der Waals surface area contributed by atoms with E-state index >= 15 is 0 Å². The molecule has 0 aliphatic carbocycles. The van der Waals surface area contributed by atoms with Crippen molar-refractivity contribution in [3.63, 3.8) is 0 Å². The largest absolute Gasteiger partial charge is 0.261 e. The standard InChI is InChI=1S/C33H27N.HI/c1-2-31-24-30(22-23-34-31)25-18-20-29(21-19-25)33(28-16-10-5-11-17-28)32(26-12-6-3-7-13-26)27-14-8-4-9-15-27;/h3-24H,2H2,1H3;1H. The van der Waals surface area contributed by atoms with E-state index in [0.717, 1.165) is 12.1 Å². The van der Waals surface area contributed by atoms with E-state index in [0.29, 0.717) is 0 Å². The van der Waals surface area contributed by atoms with Crippen LogP contribution in [0, 0.1) is 0 Å². The number of halogens is 1. The second-order valence-electron chi connectivity index (χ2n) is 8.31. The highest BCUT2D eigenvalue weighted by atomic mass is 127. The van der Waals surface area contributed by atoms with Crippen molar-refractivity contribution >= 4 is 35.1 Å². The minimum absolute atomic E-state index is 0. The highest BCUT2D eigenvalue weighted by molar-refractivity contribution is 14.0. The molecule has 0 unspecified atom stereocenters. The predicted molar refractivity (Wildman–Crippen MR) is 159 cm³/mol. The normalized spacial score (nSPS) is 10.3. The Hall–Kier alpha value is -3.50. The number of aromatic nitrogens is 1. The molecule has 0 saturated heterocycles. The second-order valence-corrected chi connectivity index (χ2v) is 8.31. The number of aryl methyl sites for hydroxylation is 1. The van der Waals surface area contributed by atoms with E-state index in [4.69, 9.17) is 0 Å². The number of rotatable bonds is 6. The van der Waals surface area contributed by atoms with Crippen molar-refractivity contribution < 1.29 is 0 Å². The lowest BCUT2D eigenvalue weighted by molar-refractivity contribution is 1.04. The third-order valence-electron chi connectivity index (χ3n) is 6.12. The molecular formula is C33H28IN. The first kappa shape index (κ1) is 24.6. The molecule has 1 nitrogen and oxygen atoms in total.